The van der Waals surface area contributed by atoms with Crippen LogP contribution in [0.25, 0.3) is 0 Å². The van der Waals surface area contributed by atoms with Gasteiger partial charge >= 0.3 is 0 Å². The molecule has 0 aliphatic rings. The normalized spacial score (nSPS) is 12.3. The maximum absolute atomic E-state index is 12.2. The van der Waals surface area contributed by atoms with Crippen molar-refractivity contribution in [1.82, 2.24) is 5.32 Å². The fourth-order valence-electron chi connectivity index (χ4n) is 1.78. The molecule has 0 spiro atoms. The highest BCUT2D eigenvalue weighted by molar-refractivity contribution is 7.94. The summed E-state index contributed by atoms with van der Waals surface area (Å²) in [6, 6.07) is 7.07. The van der Waals surface area contributed by atoms with E-state index in [0.29, 0.717) is 5.56 Å². The number of allylic oxidation sites excluding steroid dienone is 1. The maximum atomic E-state index is 12.2. The van der Waals surface area contributed by atoms with Gasteiger partial charge in [0.25, 0.3) is 6.43 Å². The Labute approximate surface area is 133 Å². The van der Waals surface area contributed by atoms with E-state index in [1.165, 1.54) is 24.3 Å². The lowest BCUT2D eigenvalue weighted by atomic mass is 9.84. The summed E-state index contributed by atoms with van der Waals surface area (Å²) in [4.78, 5) is 12.0. The lowest BCUT2D eigenvalue weighted by Crippen LogP contribution is -2.42. The number of hydrogen-bond acceptors (Lipinski definition) is 4. The summed E-state index contributed by atoms with van der Waals surface area (Å²) in [5.74, 6) is -0.585. The third-order valence-electron chi connectivity index (χ3n) is 3.21. The summed E-state index contributed by atoms with van der Waals surface area (Å²) in [7, 11) is -3.73. The van der Waals surface area contributed by atoms with Crippen molar-refractivity contribution in [2.75, 3.05) is 6.54 Å². The van der Waals surface area contributed by atoms with Crippen LogP contribution in [0.15, 0.2) is 40.6 Å². The third-order valence-corrected chi connectivity index (χ3v) is 4.63. The predicted molar refractivity (Wildman–Crippen MR) is 80.4 cm³/mol. The number of amides is 1. The van der Waals surface area contributed by atoms with Crippen LogP contribution in [0.3, 0.4) is 0 Å². The van der Waals surface area contributed by atoms with Crippen molar-refractivity contribution in [2.45, 2.75) is 30.6 Å². The number of hydrogen-bond donors (Lipinski definition) is 1. The number of nitrogens with one attached hydrogen (secondary N) is 1. The highest BCUT2D eigenvalue weighted by atomic mass is 32.2. The van der Waals surface area contributed by atoms with Crippen molar-refractivity contribution in [3.63, 3.8) is 0 Å². The number of benzene rings is 1. The van der Waals surface area contributed by atoms with Gasteiger partial charge in [-0.05, 0) is 31.5 Å². The van der Waals surface area contributed by atoms with Crippen molar-refractivity contribution >= 4 is 15.7 Å². The molecular weight excluding hydrogens is 326 g/mol. The molecule has 8 heteroatoms. The van der Waals surface area contributed by atoms with Gasteiger partial charge in [0.15, 0.2) is 0 Å². The molecule has 0 aromatic heterocycles. The first-order valence-electron chi connectivity index (χ1n) is 6.59. The van der Waals surface area contributed by atoms with Crippen LogP contribution < -0.4 is 5.32 Å². The SMILES string of the molecule is CC(C)(C(=O)NCC(F)F)c1ccc(S(=O)(=O)/C=C/C#N)cc1. The van der Waals surface area contributed by atoms with Crippen LogP contribution in [0, 0.1) is 11.3 Å². The van der Waals surface area contributed by atoms with Crippen LogP contribution in [-0.4, -0.2) is 27.3 Å². The molecule has 1 aromatic rings. The fourth-order valence-corrected chi connectivity index (χ4v) is 2.69. The molecule has 0 heterocycles. The minimum absolute atomic E-state index is 0.0310. The summed E-state index contributed by atoms with van der Waals surface area (Å²) in [5.41, 5.74) is -0.618. The van der Waals surface area contributed by atoms with Gasteiger partial charge in [-0.25, -0.2) is 17.2 Å². The van der Waals surface area contributed by atoms with E-state index in [2.05, 4.69) is 5.32 Å². The first-order valence-corrected chi connectivity index (χ1v) is 8.14. The second kappa shape index (κ2) is 7.33. The maximum Gasteiger partial charge on any atom is 0.255 e. The number of carbonyl (C=O) groups is 1. The minimum Gasteiger partial charge on any atom is -0.350 e. The number of sulfone groups is 1. The Morgan fingerprint density at radius 1 is 1.35 bits per heavy atom. The number of nitriles is 1. The van der Waals surface area contributed by atoms with E-state index in [1.807, 2.05) is 0 Å². The molecule has 23 heavy (non-hydrogen) atoms. The van der Waals surface area contributed by atoms with Crippen molar-refractivity contribution in [3.05, 3.63) is 41.3 Å². The summed E-state index contributed by atoms with van der Waals surface area (Å²) in [6.07, 6.45) is -1.79. The highest BCUT2D eigenvalue weighted by Gasteiger charge is 2.30. The quantitative estimate of drug-likeness (QED) is 0.803. The van der Waals surface area contributed by atoms with Crippen molar-refractivity contribution in [2.24, 2.45) is 0 Å². The van der Waals surface area contributed by atoms with Crippen molar-refractivity contribution in [3.8, 4) is 6.07 Å². The summed E-state index contributed by atoms with van der Waals surface area (Å²) in [5, 5.41) is 11.3. The fraction of sp³-hybridized carbons (Fsp3) is 0.333. The summed E-state index contributed by atoms with van der Waals surface area (Å²) in [6.45, 7) is 2.35. The van der Waals surface area contributed by atoms with Gasteiger partial charge in [-0.1, -0.05) is 12.1 Å². The zero-order chi connectivity index (χ0) is 17.7. The Balaban J connectivity index is 3.02. The van der Waals surface area contributed by atoms with Crippen LogP contribution in [0.5, 0.6) is 0 Å². The molecule has 1 N–H and O–H groups in total. The van der Waals surface area contributed by atoms with Crippen LogP contribution in [0.2, 0.25) is 0 Å². The van der Waals surface area contributed by atoms with Gasteiger partial charge in [-0.2, -0.15) is 5.26 Å². The average molecular weight is 342 g/mol. The molecule has 1 amide bonds. The van der Waals surface area contributed by atoms with Gasteiger partial charge in [0.05, 0.1) is 22.9 Å². The van der Waals surface area contributed by atoms with Gasteiger partial charge in [-0.3, -0.25) is 4.79 Å². The average Bonchev–Trinajstić information content (AvgIpc) is 2.50. The Hall–Kier alpha value is -2.27. The first kappa shape index (κ1) is 18.8. The van der Waals surface area contributed by atoms with Gasteiger partial charge in [0, 0.05) is 11.5 Å². The number of alkyl halides is 2. The number of halogens is 2. The molecule has 0 saturated carbocycles. The van der Waals surface area contributed by atoms with Crippen LogP contribution in [0.4, 0.5) is 8.78 Å². The van der Waals surface area contributed by atoms with Gasteiger partial charge in [0.2, 0.25) is 15.7 Å². The number of nitrogens with zero attached hydrogens (tertiary/aromatic N) is 1. The lowest BCUT2D eigenvalue weighted by Gasteiger charge is -2.24. The predicted octanol–water partition coefficient (Wildman–Crippen LogP) is 2.16. The van der Waals surface area contributed by atoms with E-state index >= 15 is 0 Å². The number of rotatable bonds is 6. The van der Waals surface area contributed by atoms with Gasteiger partial charge < -0.3 is 5.32 Å². The Bertz CT molecular complexity index is 733. The number of carbonyl (C=O) groups excluding carboxylic acids is 1. The van der Waals surface area contributed by atoms with Crippen LogP contribution >= 0.6 is 0 Å². The molecule has 0 saturated heterocycles. The molecule has 1 rings (SSSR count). The first-order chi connectivity index (χ1) is 10.6. The minimum atomic E-state index is -3.73. The Morgan fingerprint density at radius 2 is 1.91 bits per heavy atom. The van der Waals surface area contributed by atoms with E-state index < -0.39 is 34.1 Å². The summed E-state index contributed by atoms with van der Waals surface area (Å²) < 4.78 is 48.0. The monoisotopic (exact) mass is 342 g/mol. The molecular formula is C15H16F2N2O3S. The van der Waals surface area contributed by atoms with Crippen molar-refractivity contribution in [1.29, 1.82) is 5.26 Å². The molecule has 0 radical (unpaired) electrons. The molecule has 0 aliphatic carbocycles. The van der Waals surface area contributed by atoms with Crippen LogP contribution in [0.1, 0.15) is 19.4 Å². The second-order valence-corrected chi connectivity index (χ2v) is 7.06. The molecule has 124 valence electrons. The topological polar surface area (TPSA) is 87.0 Å². The Kier molecular flexibility index (Phi) is 5.98. The van der Waals surface area contributed by atoms with Crippen LogP contribution in [-0.2, 0) is 20.0 Å². The molecule has 0 aliphatic heterocycles. The molecule has 0 unspecified atom stereocenters. The molecule has 1 aromatic carbocycles. The van der Waals surface area contributed by atoms with E-state index in [1.54, 1.807) is 19.9 Å². The third kappa shape index (κ3) is 4.86. The lowest BCUT2D eigenvalue weighted by molar-refractivity contribution is -0.126. The van der Waals surface area contributed by atoms with E-state index in [4.69, 9.17) is 5.26 Å². The smallest absolute Gasteiger partial charge is 0.255 e. The second-order valence-electron chi connectivity index (χ2n) is 5.23. The molecule has 0 fully saturated rings. The largest absolute Gasteiger partial charge is 0.350 e. The van der Waals surface area contributed by atoms with Crippen molar-refractivity contribution < 1.29 is 22.0 Å². The van der Waals surface area contributed by atoms with E-state index in [0.717, 1.165) is 11.5 Å². The van der Waals surface area contributed by atoms with Gasteiger partial charge in [0.1, 0.15) is 0 Å². The zero-order valence-corrected chi connectivity index (χ0v) is 13.4. The Morgan fingerprint density at radius 3 is 2.39 bits per heavy atom. The highest BCUT2D eigenvalue weighted by Crippen LogP contribution is 2.25. The molecule has 0 bridgehead atoms. The van der Waals surface area contributed by atoms with Gasteiger partial charge in [-0.15, -0.1) is 0 Å². The zero-order valence-electron chi connectivity index (χ0n) is 12.6. The molecule has 5 nitrogen and oxygen atoms in total. The van der Waals surface area contributed by atoms with E-state index in [9.17, 15) is 22.0 Å². The standard InChI is InChI=1S/C15H16F2N2O3S/c1-15(2,14(20)19-10-13(16)17)11-4-6-12(7-5-11)23(21,22)9-3-8-18/h3-7,9,13H,10H2,1-2H3,(H,19,20)/b9-3+. The van der Waals surface area contributed by atoms with E-state index in [-0.39, 0.29) is 4.90 Å². The molecule has 0 atom stereocenters. The summed E-state index contributed by atoms with van der Waals surface area (Å²) >= 11 is 0.